The number of rotatable bonds is 7. The lowest BCUT2D eigenvalue weighted by molar-refractivity contribution is -0.221. The molecule has 0 spiro atoms. The summed E-state index contributed by atoms with van der Waals surface area (Å²) in [6, 6.07) is 0. The number of alkyl halides is 1. The van der Waals surface area contributed by atoms with Crippen LogP contribution in [0.2, 0.25) is 0 Å². The van der Waals surface area contributed by atoms with Gasteiger partial charge in [0.2, 0.25) is 17.3 Å². The van der Waals surface area contributed by atoms with Gasteiger partial charge in [-0.25, -0.2) is 4.39 Å². The lowest BCUT2D eigenvalue weighted by Gasteiger charge is -2.62. The highest BCUT2D eigenvalue weighted by atomic mass is 19.1. The van der Waals surface area contributed by atoms with Crippen molar-refractivity contribution in [2.24, 2.45) is 22.7 Å². The Labute approximate surface area is 179 Å². The molecule has 0 amide bonds. The first-order valence-electron chi connectivity index (χ1n) is 11.8. The summed E-state index contributed by atoms with van der Waals surface area (Å²) in [4.78, 5) is 37.8. The molecule has 0 aliphatic heterocycles. The average molecular weight is 426 g/mol. The zero-order valence-electron chi connectivity index (χ0n) is 20.8. The van der Waals surface area contributed by atoms with Crippen LogP contribution in [-0.2, 0) is 14.4 Å². The van der Waals surface area contributed by atoms with Gasteiger partial charge < -0.3 is 20.4 Å². The van der Waals surface area contributed by atoms with Gasteiger partial charge in [-0.15, -0.1) is 0 Å². The molecule has 1 unspecified atom stereocenters. The molecule has 8 heteroatoms. The number of aliphatic hydroxyl groups is 4. The van der Waals surface area contributed by atoms with E-state index in [-0.39, 0.29) is 25.0 Å². The van der Waals surface area contributed by atoms with E-state index in [1.807, 2.05) is 0 Å². The molecule has 3 fully saturated rings. The van der Waals surface area contributed by atoms with Crippen molar-refractivity contribution in [2.75, 3.05) is 6.61 Å². The molecular weight excluding hydrogens is 395 g/mol. The van der Waals surface area contributed by atoms with Crippen molar-refractivity contribution in [1.82, 2.24) is 0 Å². The van der Waals surface area contributed by atoms with Crippen LogP contribution in [0.4, 0.5) is 4.39 Å². The second-order valence-electron chi connectivity index (χ2n) is 9.59. The Morgan fingerprint density at radius 2 is 2.03 bits per heavy atom. The maximum atomic E-state index is 17.4. The largest absolute Gasteiger partial charge is 0.390 e. The molecule has 0 aromatic heterocycles. The zero-order valence-corrected chi connectivity index (χ0v) is 16.8. The molecule has 164 valence electrons. The van der Waals surface area contributed by atoms with Crippen LogP contribution in [0.15, 0.2) is 23.8 Å². The normalized spacial score (nSPS) is 51.4. The van der Waals surface area contributed by atoms with Gasteiger partial charge in [0.05, 0.1) is 12.2 Å². The Morgan fingerprint density at radius 1 is 1.27 bits per heavy atom. The Morgan fingerprint density at radius 3 is 2.70 bits per heavy atom. The Hall–Kier alpha value is -1.74. The molecule has 4 N–H and O–H groups in total. The SMILES string of the molecule is [2H]OCC(=O)C(=O)[C@]1(O[2H])[C@H](O[2H])C[C@H]2[C@@H]3CCC4=CC(=O)C=C[C@]4(C)C3(F)[C@@H](O[2H])C[C@@]21C. The molecule has 0 radical (unpaired) electrons. The van der Waals surface area contributed by atoms with Gasteiger partial charge in [-0.2, -0.15) is 0 Å². The summed E-state index contributed by atoms with van der Waals surface area (Å²) >= 11 is 0. The number of hydrogen-bond donors (Lipinski definition) is 4. The van der Waals surface area contributed by atoms with Crippen LogP contribution in [-0.4, -0.2) is 73.6 Å². The zero-order chi connectivity index (χ0) is 25.1. The number of allylic oxidation sites excluding steroid dienone is 4. The molecule has 7 nitrogen and oxygen atoms in total. The third-order valence-corrected chi connectivity index (χ3v) is 8.50. The van der Waals surface area contributed by atoms with Crippen LogP contribution in [0.1, 0.15) is 39.5 Å². The van der Waals surface area contributed by atoms with E-state index in [4.69, 9.17) is 21.1 Å². The number of carbonyl (C=O) groups is 3. The highest BCUT2D eigenvalue weighted by Crippen LogP contribution is 2.69. The smallest absolute Gasteiger partial charge is 0.235 e. The minimum absolute atomic E-state index is 0.0432. The molecule has 0 bridgehead atoms. The number of halogens is 1. The lowest BCUT2D eigenvalue weighted by atomic mass is 9.44. The molecule has 3 saturated carbocycles. The van der Waals surface area contributed by atoms with Crippen molar-refractivity contribution in [3.8, 4) is 0 Å². The molecule has 30 heavy (non-hydrogen) atoms. The first-order valence-corrected chi connectivity index (χ1v) is 10.2. The monoisotopic (exact) mass is 426 g/mol. The third-order valence-electron chi connectivity index (χ3n) is 8.50. The van der Waals surface area contributed by atoms with Crippen LogP contribution in [0, 0.1) is 22.7 Å². The second kappa shape index (κ2) is 6.38. The molecule has 0 heterocycles. The Bertz CT molecular complexity index is 975. The summed E-state index contributed by atoms with van der Waals surface area (Å²) in [5.41, 5.74) is -6.49. The predicted octanol–water partition coefficient (Wildman–Crippen LogP) is 0.190. The van der Waals surface area contributed by atoms with E-state index >= 15 is 4.39 Å². The highest BCUT2D eigenvalue weighted by Gasteiger charge is 2.76. The molecule has 0 aromatic rings. The quantitative estimate of drug-likeness (QED) is 0.427. The third kappa shape index (κ3) is 2.25. The van der Waals surface area contributed by atoms with Crippen LogP contribution in [0.5, 0.6) is 0 Å². The van der Waals surface area contributed by atoms with Gasteiger partial charge in [0, 0.05) is 16.7 Å². The van der Waals surface area contributed by atoms with Gasteiger partial charge in [0.1, 0.15) is 6.61 Å². The van der Waals surface area contributed by atoms with E-state index < -0.39 is 64.3 Å². The molecule has 4 aliphatic rings. The van der Waals surface area contributed by atoms with E-state index in [0.717, 1.165) is 0 Å². The predicted molar refractivity (Wildman–Crippen MR) is 102 cm³/mol. The van der Waals surface area contributed by atoms with Crippen LogP contribution in [0.3, 0.4) is 0 Å². The van der Waals surface area contributed by atoms with E-state index in [0.29, 0.717) is 12.0 Å². The summed E-state index contributed by atoms with van der Waals surface area (Å²) in [5.74, 6) is -4.07. The van der Waals surface area contributed by atoms with Crippen molar-refractivity contribution in [1.29, 1.82) is 5.72 Å². The summed E-state index contributed by atoms with van der Waals surface area (Å²) in [7, 11) is 0. The van der Waals surface area contributed by atoms with Crippen LogP contribution < -0.4 is 0 Å². The topological polar surface area (TPSA) is 132 Å². The van der Waals surface area contributed by atoms with Gasteiger partial charge in [0.25, 0.3) is 0 Å². The number of fused-ring (bicyclic) bond motifs is 5. The molecule has 4 rings (SSSR count). The van der Waals surface area contributed by atoms with Gasteiger partial charge in [0.15, 0.2) is 17.1 Å². The van der Waals surface area contributed by atoms with Crippen molar-refractivity contribution >= 4 is 17.3 Å². The van der Waals surface area contributed by atoms with Crippen molar-refractivity contribution in [3.63, 3.8) is 0 Å². The van der Waals surface area contributed by atoms with E-state index in [1.165, 1.54) is 18.2 Å². The number of aliphatic hydroxyl groups excluding tert-OH is 3. The molecule has 4 aliphatic carbocycles. The first kappa shape index (κ1) is 16.9. The summed E-state index contributed by atoms with van der Waals surface area (Å²) in [6.45, 7) is 2.34. The van der Waals surface area contributed by atoms with Crippen molar-refractivity contribution in [3.05, 3.63) is 23.8 Å². The van der Waals surface area contributed by atoms with E-state index in [9.17, 15) is 14.4 Å². The van der Waals surface area contributed by atoms with E-state index in [1.54, 1.807) is 13.8 Å². The van der Waals surface area contributed by atoms with Crippen molar-refractivity contribution < 1.29 is 39.2 Å². The van der Waals surface area contributed by atoms with Crippen LogP contribution in [0.25, 0.3) is 0 Å². The number of ketones is 3. The number of carbonyl (C=O) groups excluding carboxylic acids is 3. The Balaban J connectivity index is 1.87. The molecule has 8 atom stereocenters. The number of hydrogen-bond acceptors (Lipinski definition) is 7. The lowest BCUT2D eigenvalue weighted by Crippen LogP contribution is -2.70. The minimum Gasteiger partial charge on any atom is -0.390 e. The van der Waals surface area contributed by atoms with Crippen molar-refractivity contribution in [2.45, 2.75) is 63.0 Å². The minimum atomic E-state index is -2.28. The fraction of sp³-hybridized carbons (Fsp3) is 0.682. The average Bonchev–Trinajstić information content (AvgIpc) is 3.07. The molecular formula is C22H27FO7. The summed E-state index contributed by atoms with van der Waals surface area (Å²) in [6.07, 6.45) is 1.77. The maximum absolute atomic E-state index is 17.4. The van der Waals surface area contributed by atoms with E-state index in [2.05, 4.69) is 5.11 Å². The Kier molecular flexibility index (Phi) is 3.59. The van der Waals surface area contributed by atoms with Gasteiger partial charge in [-0.05, 0) is 50.7 Å². The van der Waals surface area contributed by atoms with Gasteiger partial charge in [-0.3, -0.25) is 14.4 Å². The van der Waals surface area contributed by atoms with Crippen LogP contribution >= 0.6 is 0 Å². The van der Waals surface area contributed by atoms with Gasteiger partial charge >= 0.3 is 0 Å². The first-order chi connectivity index (χ1) is 16.0. The summed E-state index contributed by atoms with van der Waals surface area (Å²) in [5, 5.41) is 18.8. The second-order valence-corrected chi connectivity index (χ2v) is 9.59. The summed E-state index contributed by atoms with van der Waals surface area (Å²) < 4.78 is 47.4. The molecule has 0 saturated heterocycles. The maximum Gasteiger partial charge on any atom is 0.235 e. The number of Topliss-reactive ketones (excluding diaryl/α,β-unsaturated/α-hetero) is 2. The van der Waals surface area contributed by atoms with Gasteiger partial charge in [-0.1, -0.05) is 18.6 Å². The molecule has 0 aromatic carbocycles. The fourth-order valence-corrected chi connectivity index (χ4v) is 6.83. The fourth-order valence-electron chi connectivity index (χ4n) is 6.83. The highest BCUT2D eigenvalue weighted by molar-refractivity contribution is 6.41. The standard InChI is InChI=1S/C22H27FO7/c1-19-6-5-12(25)7-11(19)3-4-13-14-8-16(27)22(30,18(29)15(26)10-24)20(14,2)9-17(28)21(13,19)23/h5-7,13-14,16-17,24,27-28,30H,3-4,8-10H2,1-2H3/t13-,14-,16+,17-,19-,20-,21?,22+/m0/s1/i24D,27D,28D,30D.